The Labute approximate surface area is 348 Å². The highest BCUT2D eigenvalue weighted by molar-refractivity contribution is 5.97. The number of aliphatic carboxylic acids is 1. The minimum Gasteiger partial charge on any atom is -0.480 e. The van der Waals surface area contributed by atoms with Gasteiger partial charge in [0.2, 0.25) is 41.4 Å². The fourth-order valence-corrected chi connectivity index (χ4v) is 6.69. The molecule has 60 heavy (non-hydrogen) atoms. The van der Waals surface area contributed by atoms with Gasteiger partial charge in [-0.25, -0.2) is 0 Å². The second kappa shape index (κ2) is 23.4. The highest BCUT2D eigenvalue weighted by Gasteiger charge is 2.39. The quantitative estimate of drug-likeness (QED) is 0.0319. The van der Waals surface area contributed by atoms with Crippen molar-refractivity contribution in [2.75, 3.05) is 32.7 Å². The van der Waals surface area contributed by atoms with Gasteiger partial charge in [0.05, 0.1) is 19.1 Å². The molecule has 0 bridgehead atoms. The lowest BCUT2D eigenvalue weighted by atomic mass is 10.0. The Morgan fingerprint density at radius 2 is 1.57 bits per heavy atom. The van der Waals surface area contributed by atoms with E-state index in [0.29, 0.717) is 12.8 Å². The Balaban J connectivity index is 1.65. The van der Waals surface area contributed by atoms with Gasteiger partial charge in [-0.15, -0.1) is 0 Å². The topological polar surface area (TPSA) is 338 Å². The van der Waals surface area contributed by atoms with Crippen molar-refractivity contribution in [2.24, 2.45) is 34.0 Å². The van der Waals surface area contributed by atoms with Crippen LogP contribution in [0.25, 0.3) is 10.9 Å². The molecule has 1 saturated heterocycles. The first-order valence-corrected chi connectivity index (χ1v) is 20.0. The molecule has 7 amide bonds. The number of carbonyl (C=O) groups excluding carboxylic acids is 7. The van der Waals surface area contributed by atoms with E-state index >= 15 is 0 Å². The SMILES string of the molecule is CC(C)C[C@H](NC(=O)[C@@H](N)Cc1c[nH]c2ccccc12)C(=O)NCC(=O)N[C@@H](CCCN=C(N)N)C(=O)N[C@H](C(=O)N1CCC[C@H]1C(=O)NCC(=O)NCC(=O)O)C(C)C. The van der Waals surface area contributed by atoms with Gasteiger partial charge >= 0.3 is 5.97 Å². The second-order valence-electron chi connectivity index (χ2n) is 15.5. The zero-order valence-electron chi connectivity index (χ0n) is 34.5. The molecule has 1 fully saturated rings. The molecule has 2 aromatic rings. The smallest absolute Gasteiger partial charge is 0.322 e. The van der Waals surface area contributed by atoms with E-state index in [0.717, 1.165) is 16.5 Å². The number of amides is 7. The van der Waals surface area contributed by atoms with Gasteiger partial charge in [0.25, 0.3) is 0 Å². The molecule has 1 aromatic carbocycles. The molecular formula is C39H60N12O9. The molecule has 21 nitrogen and oxygen atoms in total. The van der Waals surface area contributed by atoms with Crippen molar-refractivity contribution in [3.63, 3.8) is 0 Å². The van der Waals surface area contributed by atoms with Gasteiger partial charge in [-0.3, -0.25) is 43.3 Å². The van der Waals surface area contributed by atoms with Gasteiger partial charge in [-0.05, 0) is 62.0 Å². The zero-order valence-corrected chi connectivity index (χ0v) is 34.5. The second-order valence-corrected chi connectivity index (χ2v) is 15.5. The van der Waals surface area contributed by atoms with Gasteiger partial charge in [-0.2, -0.15) is 0 Å². The molecule has 0 aliphatic carbocycles. The Hall–Kier alpha value is -6.25. The minimum atomic E-state index is -1.25. The molecule has 2 heterocycles. The molecule has 0 unspecified atom stereocenters. The van der Waals surface area contributed by atoms with Crippen LogP contribution in [-0.4, -0.2) is 131 Å². The van der Waals surface area contributed by atoms with E-state index in [4.69, 9.17) is 22.3 Å². The van der Waals surface area contributed by atoms with Crippen LogP contribution in [0, 0.1) is 11.8 Å². The van der Waals surface area contributed by atoms with Crippen molar-refractivity contribution in [2.45, 2.75) is 96.4 Å². The number of likely N-dealkylation sites (tertiary alicyclic amines) is 1. The van der Waals surface area contributed by atoms with Gasteiger partial charge < -0.3 is 64.1 Å². The molecular weight excluding hydrogens is 781 g/mol. The summed E-state index contributed by atoms with van der Waals surface area (Å²) < 4.78 is 0. The summed E-state index contributed by atoms with van der Waals surface area (Å²) in [7, 11) is 0. The van der Waals surface area contributed by atoms with E-state index in [-0.39, 0.29) is 50.7 Å². The first-order chi connectivity index (χ1) is 28.4. The van der Waals surface area contributed by atoms with Gasteiger partial charge in [0.1, 0.15) is 30.7 Å². The lowest BCUT2D eigenvalue weighted by Crippen LogP contribution is -2.59. The third kappa shape index (κ3) is 15.2. The van der Waals surface area contributed by atoms with E-state index in [9.17, 15) is 38.4 Å². The Morgan fingerprint density at radius 3 is 2.23 bits per heavy atom. The zero-order chi connectivity index (χ0) is 44.5. The summed E-state index contributed by atoms with van der Waals surface area (Å²) in [5.74, 6) is -6.40. The molecule has 0 spiro atoms. The molecule has 21 heteroatoms. The number of H-pyrrole nitrogens is 1. The van der Waals surface area contributed by atoms with E-state index in [2.05, 4.69) is 41.9 Å². The molecule has 1 aliphatic rings. The van der Waals surface area contributed by atoms with Crippen LogP contribution < -0.4 is 49.1 Å². The minimum absolute atomic E-state index is 0.0169. The van der Waals surface area contributed by atoms with Gasteiger partial charge in [0, 0.05) is 30.2 Å². The van der Waals surface area contributed by atoms with E-state index in [1.165, 1.54) is 4.90 Å². The third-order valence-corrected chi connectivity index (χ3v) is 9.74. The summed E-state index contributed by atoms with van der Waals surface area (Å²) in [5.41, 5.74) is 18.9. The summed E-state index contributed by atoms with van der Waals surface area (Å²) in [6.45, 7) is 5.81. The maximum Gasteiger partial charge on any atom is 0.322 e. The van der Waals surface area contributed by atoms with E-state index < -0.39 is 103 Å². The molecule has 1 aromatic heterocycles. The number of guanidine groups is 1. The van der Waals surface area contributed by atoms with Crippen LogP contribution in [-0.2, 0) is 44.8 Å². The molecule has 1 aliphatic heterocycles. The van der Waals surface area contributed by atoms with Crippen molar-refractivity contribution in [3.8, 4) is 0 Å². The number of fused-ring (bicyclic) bond motifs is 1. The average molecular weight is 841 g/mol. The Morgan fingerprint density at radius 1 is 0.867 bits per heavy atom. The standard InChI is InChI=1S/C39H60N12O9/c1-21(2)15-28(49-34(56)25(40)16-23-17-44-26-10-6-5-9-24(23)26)35(57)46-19-31(53)48-27(11-7-13-43-39(41)42)36(58)50-33(22(3)4)38(60)51-14-8-12-29(51)37(59)47-18-30(52)45-20-32(54)55/h5-6,9-10,17,21-22,25,27-29,33,44H,7-8,11-16,18-20,40H2,1-4H3,(H,45,52)(H,46,57)(H,47,59)(H,48,53)(H,49,56)(H,50,58)(H,54,55)(H4,41,42,43)/t25-,27-,28-,29-,33-/m0/s1. The lowest BCUT2D eigenvalue weighted by molar-refractivity contribution is -0.143. The monoisotopic (exact) mass is 840 g/mol. The maximum atomic E-state index is 13.9. The predicted octanol–water partition coefficient (Wildman–Crippen LogP) is -2.33. The van der Waals surface area contributed by atoms with Crippen LogP contribution in [0.3, 0.4) is 0 Å². The molecule has 0 saturated carbocycles. The van der Waals surface area contributed by atoms with Crippen LogP contribution >= 0.6 is 0 Å². The molecule has 3 rings (SSSR count). The number of para-hydroxylation sites is 1. The number of carbonyl (C=O) groups is 8. The first kappa shape index (κ1) is 48.1. The number of aromatic nitrogens is 1. The number of aromatic amines is 1. The molecule has 14 N–H and O–H groups in total. The summed E-state index contributed by atoms with van der Waals surface area (Å²) in [6, 6.07) is 2.35. The Kier molecular flexibility index (Phi) is 18.7. The summed E-state index contributed by atoms with van der Waals surface area (Å²) in [5, 5.41) is 24.8. The number of nitrogens with zero attached hydrogens (tertiary/aromatic N) is 2. The van der Waals surface area contributed by atoms with Crippen LogP contribution in [0.2, 0.25) is 0 Å². The number of benzene rings is 1. The van der Waals surface area contributed by atoms with E-state index in [1.54, 1.807) is 20.0 Å². The van der Waals surface area contributed by atoms with Crippen molar-refractivity contribution < 1.29 is 43.5 Å². The lowest BCUT2D eigenvalue weighted by Gasteiger charge is -2.31. The largest absolute Gasteiger partial charge is 0.480 e. The van der Waals surface area contributed by atoms with Crippen molar-refractivity contribution in [1.29, 1.82) is 0 Å². The summed E-state index contributed by atoms with van der Waals surface area (Å²) in [4.78, 5) is 112. The van der Waals surface area contributed by atoms with Crippen LogP contribution in [0.4, 0.5) is 0 Å². The predicted molar refractivity (Wildman–Crippen MR) is 221 cm³/mol. The number of hydrogen-bond donors (Lipinski definition) is 11. The number of nitrogens with two attached hydrogens (primary N) is 3. The highest BCUT2D eigenvalue weighted by Crippen LogP contribution is 2.21. The number of carboxylic acids is 1. The maximum absolute atomic E-state index is 13.9. The number of aliphatic imine (C=N–C) groups is 1. The van der Waals surface area contributed by atoms with Crippen LogP contribution in [0.1, 0.15) is 65.4 Å². The van der Waals surface area contributed by atoms with Crippen molar-refractivity contribution in [3.05, 3.63) is 36.0 Å². The van der Waals surface area contributed by atoms with Crippen molar-refractivity contribution in [1.82, 2.24) is 41.8 Å². The Bertz CT molecular complexity index is 1880. The van der Waals surface area contributed by atoms with Crippen LogP contribution in [0.15, 0.2) is 35.5 Å². The van der Waals surface area contributed by atoms with Gasteiger partial charge in [0.15, 0.2) is 5.96 Å². The number of nitrogens with one attached hydrogen (secondary N) is 7. The van der Waals surface area contributed by atoms with Gasteiger partial charge in [-0.1, -0.05) is 45.9 Å². The number of hydrogen-bond acceptors (Lipinski definition) is 10. The summed E-state index contributed by atoms with van der Waals surface area (Å²) in [6.07, 6.45) is 3.31. The normalized spacial score (nSPS) is 15.7. The first-order valence-electron chi connectivity index (χ1n) is 20.0. The fraction of sp³-hybridized carbons (Fsp3) is 0.564. The highest BCUT2D eigenvalue weighted by atomic mass is 16.4. The average Bonchev–Trinajstić information content (AvgIpc) is 3.85. The molecule has 330 valence electrons. The van der Waals surface area contributed by atoms with Crippen LogP contribution in [0.5, 0.6) is 0 Å². The number of carboxylic acid groups (broad SMARTS) is 1. The third-order valence-electron chi connectivity index (χ3n) is 9.74. The molecule has 5 atom stereocenters. The van der Waals surface area contributed by atoms with Crippen molar-refractivity contribution >= 4 is 64.2 Å². The molecule has 0 radical (unpaired) electrons. The van der Waals surface area contributed by atoms with E-state index in [1.807, 2.05) is 38.1 Å². The summed E-state index contributed by atoms with van der Waals surface area (Å²) >= 11 is 0. The fourth-order valence-electron chi connectivity index (χ4n) is 6.69. The number of rotatable bonds is 23.